The largest absolute Gasteiger partial charge is 0.497 e. The number of ether oxygens (including phenoxy) is 1. The summed E-state index contributed by atoms with van der Waals surface area (Å²) in [7, 11) is 1.59. The maximum absolute atomic E-state index is 12.7. The maximum Gasteiger partial charge on any atom is 0.315 e. The molecular weight excluding hydrogens is 306 g/mol. The lowest BCUT2D eigenvalue weighted by Crippen LogP contribution is -2.29. The van der Waals surface area contributed by atoms with Gasteiger partial charge in [0.15, 0.2) is 0 Å². The molecule has 2 heterocycles. The molecule has 0 N–H and O–H groups in total. The summed E-state index contributed by atoms with van der Waals surface area (Å²) in [5.41, 5.74) is 2.77. The van der Waals surface area contributed by atoms with Gasteiger partial charge in [-0.15, -0.1) is 10.2 Å². The number of rotatable bonds is 3. The van der Waals surface area contributed by atoms with Crippen molar-refractivity contribution in [2.45, 2.75) is 6.42 Å². The minimum atomic E-state index is -0.276. The fourth-order valence-electron chi connectivity index (χ4n) is 2.85. The van der Waals surface area contributed by atoms with Crippen LogP contribution in [0.5, 0.6) is 5.75 Å². The maximum atomic E-state index is 12.7. The molecule has 0 bridgehead atoms. The predicted octanol–water partition coefficient (Wildman–Crippen LogP) is 2.95. The average Bonchev–Trinajstić information content (AvgIpc) is 3.28. The minimum Gasteiger partial charge on any atom is -0.497 e. The van der Waals surface area contributed by atoms with Crippen molar-refractivity contribution in [2.24, 2.45) is 0 Å². The van der Waals surface area contributed by atoms with Crippen molar-refractivity contribution in [1.29, 1.82) is 0 Å². The van der Waals surface area contributed by atoms with E-state index in [1.807, 2.05) is 42.5 Å². The summed E-state index contributed by atoms with van der Waals surface area (Å²) < 4.78 is 10.8. The Bertz CT molecular complexity index is 904. The van der Waals surface area contributed by atoms with Crippen LogP contribution in [0.4, 0.5) is 5.69 Å². The number of fused-ring (bicyclic) bond motifs is 1. The van der Waals surface area contributed by atoms with E-state index in [2.05, 4.69) is 10.2 Å². The second-order valence-electron chi connectivity index (χ2n) is 5.48. The summed E-state index contributed by atoms with van der Waals surface area (Å²) >= 11 is 0. The molecule has 0 radical (unpaired) electrons. The number of anilines is 1. The second kappa shape index (κ2) is 5.81. The molecule has 0 aliphatic carbocycles. The molecule has 3 aromatic rings. The lowest BCUT2D eigenvalue weighted by molar-refractivity contribution is 0.0956. The van der Waals surface area contributed by atoms with Crippen molar-refractivity contribution in [3.05, 3.63) is 60.0 Å². The molecule has 1 amide bonds. The highest BCUT2D eigenvalue weighted by atomic mass is 16.5. The lowest BCUT2D eigenvalue weighted by atomic mass is 10.2. The summed E-state index contributed by atoms with van der Waals surface area (Å²) in [6, 6.07) is 15.1. The fraction of sp³-hybridized carbons (Fsp3) is 0.167. The van der Waals surface area contributed by atoms with Crippen LogP contribution < -0.4 is 9.64 Å². The highest BCUT2D eigenvalue weighted by Crippen LogP contribution is 2.29. The summed E-state index contributed by atoms with van der Waals surface area (Å²) in [4.78, 5) is 14.4. The smallest absolute Gasteiger partial charge is 0.315 e. The Morgan fingerprint density at radius 1 is 1.17 bits per heavy atom. The highest BCUT2D eigenvalue weighted by molar-refractivity contribution is 6.04. The zero-order valence-electron chi connectivity index (χ0n) is 13.1. The van der Waals surface area contributed by atoms with Crippen LogP contribution >= 0.6 is 0 Å². The molecule has 1 aliphatic rings. The van der Waals surface area contributed by atoms with E-state index in [9.17, 15) is 4.79 Å². The van der Waals surface area contributed by atoms with E-state index in [1.54, 1.807) is 18.1 Å². The minimum absolute atomic E-state index is 0.00970. The molecule has 24 heavy (non-hydrogen) atoms. The van der Waals surface area contributed by atoms with Gasteiger partial charge in [0.25, 0.3) is 0 Å². The van der Waals surface area contributed by atoms with E-state index in [4.69, 9.17) is 9.15 Å². The van der Waals surface area contributed by atoms with Crippen LogP contribution in [0.2, 0.25) is 0 Å². The highest BCUT2D eigenvalue weighted by Gasteiger charge is 2.29. The van der Waals surface area contributed by atoms with Crippen LogP contribution in [0.25, 0.3) is 11.5 Å². The summed E-state index contributed by atoms with van der Waals surface area (Å²) in [5.74, 6) is 0.697. The molecule has 0 unspecified atom stereocenters. The topological polar surface area (TPSA) is 68.5 Å². The number of carbonyl (C=O) groups excluding carboxylic acids is 1. The van der Waals surface area contributed by atoms with E-state index in [0.29, 0.717) is 23.7 Å². The Morgan fingerprint density at radius 2 is 2.04 bits per heavy atom. The molecule has 1 aromatic heterocycles. The predicted molar refractivity (Wildman–Crippen MR) is 88.1 cm³/mol. The molecule has 120 valence electrons. The Balaban J connectivity index is 1.62. The molecule has 0 atom stereocenters. The van der Waals surface area contributed by atoms with Gasteiger partial charge >= 0.3 is 11.8 Å². The standard InChI is InChI=1S/C18H15N3O3/c1-23-14-7-4-6-13(11-14)16-19-20-17(24-16)18(22)21-10-9-12-5-2-3-8-15(12)21/h2-8,11H,9-10H2,1H3. The van der Waals surface area contributed by atoms with Crippen LogP contribution in [-0.4, -0.2) is 29.8 Å². The number of nitrogens with zero attached hydrogens (tertiary/aromatic N) is 3. The molecule has 6 heteroatoms. The molecular formula is C18H15N3O3. The van der Waals surface area contributed by atoms with Crippen molar-refractivity contribution < 1.29 is 13.9 Å². The van der Waals surface area contributed by atoms with E-state index >= 15 is 0 Å². The summed E-state index contributed by atoms with van der Waals surface area (Å²) in [6.45, 7) is 0.620. The number of hydrogen-bond donors (Lipinski definition) is 0. The Labute approximate surface area is 138 Å². The first-order chi connectivity index (χ1) is 11.8. The van der Waals surface area contributed by atoms with E-state index in [-0.39, 0.29) is 11.8 Å². The van der Waals surface area contributed by atoms with Crippen molar-refractivity contribution in [3.8, 4) is 17.2 Å². The zero-order valence-corrected chi connectivity index (χ0v) is 13.1. The molecule has 1 aliphatic heterocycles. The van der Waals surface area contributed by atoms with Crippen molar-refractivity contribution >= 4 is 11.6 Å². The SMILES string of the molecule is COc1cccc(-c2nnc(C(=O)N3CCc4ccccc43)o2)c1. The first-order valence-electron chi connectivity index (χ1n) is 7.64. The van der Waals surface area contributed by atoms with Crippen LogP contribution in [0.3, 0.4) is 0 Å². The first-order valence-corrected chi connectivity index (χ1v) is 7.64. The van der Waals surface area contributed by atoms with Gasteiger partial charge < -0.3 is 14.1 Å². The molecule has 4 rings (SSSR count). The number of benzene rings is 2. The summed E-state index contributed by atoms with van der Waals surface area (Å²) in [5, 5.41) is 7.91. The van der Waals surface area contributed by atoms with Gasteiger partial charge in [0.2, 0.25) is 5.89 Å². The van der Waals surface area contributed by atoms with E-state index in [0.717, 1.165) is 17.7 Å². The molecule has 0 saturated carbocycles. The fourth-order valence-corrected chi connectivity index (χ4v) is 2.85. The first kappa shape index (κ1) is 14.4. The van der Waals surface area contributed by atoms with E-state index < -0.39 is 0 Å². The van der Waals surface area contributed by atoms with Gasteiger partial charge in [0, 0.05) is 17.8 Å². The van der Waals surface area contributed by atoms with Crippen LogP contribution in [0.1, 0.15) is 16.2 Å². The number of hydrogen-bond acceptors (Lipinski definition) is 5. The van der Waals surface area contributed by atoms with Gasteiger partial charge in [0.05, 0.1) is 7.11 Å². The Morgan fingerprint density at radius 3 is 2.92 bits per heavy atom. The quantitative estimate of drug-likeness (QED) is 0.742. The Hall–Kier alpha value is -3.15. The number of para-hydroxylation sites is 1. The summed E-state index contributed by atoms with van der Waals surface area (Å²) in [6.07, 6.45) is 0.832. The van der Waals surface area contributed by atoms with Crippen LogP contribution in [-0.2, 0) is 6.42 Å². The second-order valence-corrected chi connectivity index (χ2v) is 5.48. The average molecular weight is 321 g/mol. The third-order valence-electron chi connectivity index (χ3n) is 4.06. The van der Waals surface area contributed by atoms with Gasteiger partial charge in [-0.2, -0.15) is 0 Å². The van der Waals surface area contributed by atoms with Crippen molar-refractivity contribution in [1.82, 2.24) is 10.2 Å². The third kappa shape index (κ3) is 2.42. The number of aromatic nitrogens is 2. The molecule has 0 saturated heterocycles. The van der Waals surface area contributed by atoms with Gasteiger partial charge in [-0.05, 0) is 36.2 Å². The third-order valence-corrected chi connectivity index (χ3v) is 4.06. The van der Waals surface area contributed by atoms with Gasteiger partial charge in [-0.3, -0.25) is 4.79 Å². The van der Waals surface area contributed by atoms with Crippen molar-refractivity contribution in [3.63, 3.8) is 0 Å². The van der Waals surface area contributed by atoms with Gasteiger partial charge in [0.1, 0.15) is 5.75 Å². The number of amides is 1. The Kier molecular flexibility index (Phi) is 3.49. The molecule has 2 aromatic carbocycles. The van der Waals surface area contributed by atoms with Gasteiger partial charge in [-0.1, -0.05) is 24.3 Å². The van der Waals surface area contributed by atoms with Crippen molar-refractivity contribution in [2.75, 3.05) is 18.6 Å². The van der Waals surface area contributed by atoms with Crippen LogP contribution in [0.15, 0.2) is 52.9 Å². The normalized spacial score (nSPS) is 13.0. The molecule has 6 nitrogen and oxygen atoms in total. The molecule has 0 spiro atoms. The lowest BCUT2D eigenvalue weighted by Gasteiger charge is -2.14. The van der Waals surface area contributed by atoms with Crippen LogP contribution in [0, 0.1) is 0 Å². The number of carbonyl (C=O) groups is 1. The zero-order chi connectivity index (χ0) is 16.5. The molecule has 0 fully saturated rings. The monoisotopic (exact) mass is 321 g/mol. The van der Waals surface area contributed by atoms with E-state index in [1.165, 1.54) is 0 Å². The number of methoxy groups -OCH3 is 1. The van der Waals surface area contributed by atoms with Gasteiger partial charge in [-0.25, -0.2) is 0 Å².